The second-order valence-electron chi connectivity index (χ2n) is 4.74. The second-order valence-corrected chi connectivity index (χ2v) is 4.74. The fraction of sp³-hybridized carbons (Fsp3) is 0.333. The monoisotopic (exact) mass is 286 g/mol. The molecule has 2 aromatic rings. The van der Waals surface area contributed by atoms with Gasteiger partial charge in [-0.25, -0.2) is 10.5 Å². The molecule has 0 spiro atoms. The Hall–Kier alpha value is -2.50. The van der Waals surface area contributed by atoms with Gasteiger partial charge in [0, 0.05) is 11.6 Å². The molecule has 2 rings (SSSR count). The van der Waals surface area contributed by atoms with Gasteiger partial charge in [-0.15, -0.1) is 0 Å². The van der Waals surface area contributed by atoms with E-state index in [1.165, 1.54) is 0 Å². The summed E-state index contributed by atoms with van der Waals surface area (Å²) in [6.45, 7) is 4.14. The number of hydrogen-bond donors (Lipinski definition) is 2. The minimum Gasteiger partial charge on any atom is -0.267 e. The zero-order chi connectivity index (χ0) is 15.2. The maximum Gasteiger partial charge on any atom is 0.292 e. The fourth-order valence-corrected chi connectivity index (χ4v) is 2.04. The molecule has 0 aliphatic carbocycles. The first kappa shape index (κ1) is 14.9. The maximum absolute atomic E-state index is 12.1. The first-order chi connectivity index (χ1) is 10.2. The number of amides is 1. The minimum absolute atomic E-state index is 0.159. The lowest BCUT2D eigenvalue weighted by molar-refractivity contribution is 0.0950. The van der Waals surface area contributed by atoms with Crippen LogP contribution in [0.25, 0.3) is 10.8 Å². The van der Waals surface area contributed by atoms with Gasteiger partial charge < -0.3 is 0 Å². The SMILES string of the molecule is CCC(/C=N\NC(=O)c1n[nH]c(=O)c2ccccc12)CC. The molecule has 1 heterocycles. The molecule has 6 heteroatoms. The van der Waals surface area contributed by atoms with Crippen molar-refractivity contribution in [2.24, 2.45) is 11.0 Å². The Bertz CT molecular complexity index is 717. The van der Waals surface area contributed by atoms with E-state index in [0.29, 0.717) is 16.7 Å². The molecule has 0 saturated heterocycles. The molecule has 0 radical (unpaired) electrons. The van der Waals surface area contributed by atoms with Gasteiger partial charge in [0.05, 0.1) is 5.39 Å². The van der Waals surface area contributed by atoms with E-state index in [4.69, 9.17) is 0 Å². The number of rotatable bonds is 5. The molecule has 0 unspecified atom stereocenters. The van der Waals surface area contributed by atoms with Crippen LogP contribution in [0.15, 0.2) is 34.2 Å². The summed E-state index contributed by atoms with van der Waals surface area (Å²) in [5.41, 5.74) is 2.30. The van der Waals surface area contributed by atoms with E-state index in [0.717, 1.165) is 12.8 Å². The van der Waals surface area contributed by atoms with Crippen molar-refractivity contribution in [1.29, 1.82) is 0 Å². The van der Waals surface area contributed by atoms with Crippen LogP contribution in [0.5, 0.6) is 0 Å². The summed E-state index contributed by atoms with van der Waals surface area (Å²) in [7, 11) is 0. The lowest BCUT2D eigenvalue weighted by Gasteiger charge is -2.05. The highest BCUT2D eigenvalue weighted by atomic mass is 16.2. The summed E-state index contributed by atoms with van der Waals surface area (Å²) in [6, 6.07) is 6.84. The summed E-state index contributed by atoms with van der Waals surface area (Å²) in [5, 5.41) is 11.1. The number of carbonyl (C=O) groups is 1. The zero-order valence-electron chi connectivity index (χ0n) is 12.1. The van der Waals surface area contributed by atoms with Crippen LogP contribution >= 0.6 is 0 Å². The Kier molecular flexibility index (Phi) is 4.81. The molecule has 0 aliphatic rings. The van der Waals surface area contributed by atoms with Crippen LogP contribution in [-0.4, -0.2) is 22.3 Å². The Balaban J connectivity index is 2.25. The number of nitrogens with one attached hydrogen (secondary N) is 2. The van der Waals surface area contributed by atoms with Gasteiger partial charge in [-0.3, -0.25) is 9.59 Å². The van der Waals surface area contributed by atoms with Gasteiger partial charge in [-0.05, 0) is 24.8 Å². The number of hydrazone groups is 1. The van der Waals surface area contributed by atoms with Gasteiger partial charge in [-0.2, -0.15) is 10.2 Å². The summed E-state index contributed by atoms with van der Waals surface area (Å²) < 4.78 is 0. The van der Waals surface area contributed by atoms with Crippen molar-refractivity contribution in [1.82, 2.24) is 15.6 Å². The third kappa shape index (κ3) is 3.34. The van der Waals surface area contributed by atoms with Gasteiger partial charge in [0.2, 0.25) is 0 Å². The van der Waals surface area contributed by atoms with Crippen LogP contribution in [-0.2, 0) is 0 Å². The van der Waals surface area contributed by atoms with Crippen molar-refractivity contribution in [3.8, 4) is 0 Å². The molecule has 0 atom stereocenters. The van der Waals surface area contributed by atoms with Crippen LogP contribution in [0.1, 0.15) is 37.2 Å². The number of fused-ring (bicyclic) bond motifs is 1. The first-order valence-electron chi connectivity index (χ1n) is 6.98. The third-order valence-electron chi connectivity index (χ3n) is 3.41. The maximum atomic E-state index is 12.1. The first-order valence-corrected chi connectivity index (χ1v) is 6.98. The molecule has 21 heavy (non-hydrogen) atoms. The van der Waals surface area contributed by atoms with Crippen LogP contribution in [0.4, 0.5) is 0 Å². The topological polar surface area (TPSA) is 87.2 Å². The molecule has 2 N–H and O–H groups in total. The van der Waals surface area contributed by atoms with E-state index in [1.54, 1.807) is 30.5 Å². The smallest absolute Gasteiger partial charge is 0.267 e. The van der Waals surface area contributed by atoms with Crippen molar-refractivity contribution < 1.29 is 4.79 Å². The van der Waals surface area contributed by atoms with Gasteiger partial charge >= 0.3 is 0 Å². The summed E-state index contributed by atoms with van der Waals surface area (Å²) in [5.74, 6) is -0.102. The van der Waals surface area contributed by atoms with Gasteiger partial charge in [0.25, 0.3) is 11.5 Å². The quantitative estimate of drug-likeness (QED) is 0.651. The molecule has 1 aromatic carbocycles. The van der Waals surface area contributed by atoms with Crippen molar-refractivity contribution in [3.05, 3.63) is 40.3 Å². The Morgan fingerprint density at radius 3 is 2.67 bits per heavy atom. The number of aromatic nitrogens is 2. The molecule has 0 fully saturated rings. The summed E-state index contributed by atoms with van der Waals surface area (Å²) in [6.07, 6.45) is 3.66. The number of H-pyrrole nitrogens is 1. The highest BCUT2D eigenvalue weighted by molar-refractivity contribution is 6.04. The van der Waals surface area contributed by atoms with Crippen LogP contribution < -0.4 is 11.0 Å². The number of carbonyl (C=O) groups excluding carboxylic acids is 1. The van der Waals surface area contributed by atoms with E-state index in [9.17, 15) is 9.59 Å². The van der Waals surface area contributed by atoms with Gasteiger partial charge in [-0.1, -0.05) is 32.0 Å². The molecule has 6 nitrogen and oxygen atoms in total. The van der Waals surface area contributed by atoms with E-state index < -0.39 is 5.91 Å². The molecule has 0 bridgehead atoms. The summed E-state index contributed by atoms with van der Waals surface area (Å²) in [4.78, 5) is 23.8. The predicted octanol–water partition coefficient (Wildman–Crippen LogP) is 2.07. The van der Waals surface area contributed by atoms with Crippen molar-refractivity contribution in [2.45, 2.75) is 26.7 Å². The molecule has 1 aromatic heterocycles. The minimum atomic E-state index is -0.440. The van der Waals surface area contributed by atoms with E-state index >= 15 is 0 Å². The Morgan fingerprint density at radius 1 is 1.33 bits per heavy atom. The predicted molar refractivity (Wildman–Crippen MR) is 82.4 cm³/mol. The average Bonchev–Trinajstić information content (AvgIpc) is 2.52. The molecule has 1 amide bonds. The van der Waals surface area contributed by atoms with Crippen molar-refractivity contribution in [3.63, 3.8) is 0 Å². The average molecular weight is 286 g/mol. The van der Waals surface area contributed by atoms with Gasteiger partial charge in [0.15, 0.2) is 5.69 Å². The second kappa shape index (κ2) is 6.78. The highest BCUT2D eigenvalue weighted by Crippen LogP contribution is 2.12. The Morgan fingerprint density at radius 2 is 2.00 bits per heavy atom. The zero-order valence-corrected chi connectivity index (χ0v) is 12.1. The number of benzene rings is 1. The third-order valence-corrected chi connectivity index (χ3v) is 3.41. The lowest BCUT2D eigenvalue weighted by atomic mass is 10.1. The van der Waals surface area contributed by atoms with Gasteiger partial charge in [0.1, 0.15) is 0 Å². The van der Waals surface area contributed by atoms with Crippen molar-refractivity contribution in [2.75, 3.05) is 0 Å². The standard InChI is InChI=1S/C15H18N4O2/c1-3-10(4-2)9-16-18-15(21)13-11-7-5-6-8-12(11)14(20)19-17-13/h5-10H,3-4H2,1-2H3,(H,18,21)(H,19,20)/b16-9-. The largest absolute Gasteiger partial charge is 0.292 e. The summed E-state index contributed by atoms with van der Waals surface area (Å²) >= 11 is 0. The fourth-order valence-electron chi connectivity index (χ4n) is 2.04. The van der Waals surface area contributed by atoms with E-state index in [-0.39, 0.29) is 11.3 Å². The Labute approximate surface area is 122 Å². The highest BCUT2D eigenvalue weighted by Gasteiger charge is 2.13. The normalized spacial score (nSPS) is 11.4. The molecule has 110 valence electrons. The number of hydrogen-bond acceptors (Lipinski definition) is 4. The molecular weight excluding hydrogens is 268 g/mol. The number of aromatic amines is 1. The number of nitrogens with zero attached hydrogens (tertiary/aromatic N) is 2. The van der Waals surface area contributed by atoms with Crippen LogP contribution in [0, 0.1) is 5.92 Å². The molecule has 0 aliphatic heterocycles. The molecular formula is C15H18N4O2. The van der Waals surface area contributed by atoms with Crippen LogP contribution in [0.2, 0.25) is 0 Å². The van der Waals surface area contributed by atoms with Crippen LogP contribution in [0.3, 0.4) is 0 Å². The van der Waals surface area contributed by atoms with Crippen molar-refractivity contribution >= 4 is 22.9 Å². The lowest BCUT2D eigenvalue weighted by Crippen LogP contribution is -2.23. The van der Waals surface area contributed by atoms with E-state index in [2.05, 4.69) is 34.6 Å². The van der Waals surface area contributed by atoms with E-state index in [1.807, 2.05) is 0 Å². The molecule has 0 saturated carbocycles.